The van der Waals surface area contributed by atoms with Crippen LogP contribution in [0.5, 0.6) is 0 Å². The number of thioether (sulfide) groups is 1. The zero-order valence-electron chi connectivity index (χ0n) is 14.6. The first kappa shape index (κ1) is 18.1. The van der Waals surface area contributed by atoms with E-state index in [1.807, 2.05) is 45.3 Å². The Balaban J connectivity index is 1.86. The largest absolute Gasteiger partial charge is 0.336 e. The number of likely N-dealkylation sites (N-methyl/N-ethyl adjacent to an activating group) is 1. The lowest BCUT2D eigenvalue weighted by Gasteiger charge is -2.31. The fourth-order valence-electron chi connectivity index (χ4n) is 3.16. The van der Waals surface area contributed by atoms with Crippen LogP contribution in [0.3, 0.4) is 0 Å². The van der Waals surface area contributed by atoms with Crippen LogP contribution in [0, 0.1) is 0 Å². The predicted octanol–water partition coefficient (Wildman–Crippen LogP) is 2.00. The Morgan fingerprint density at radius 3 is 2.83 bits per heavy atom. The first-order valence-electron chi connectivity index (χ1n) is 8.23. The zero-order chi connectivity index (χ0) is 16.8. The number of hydrogen-bond acceptors (Lipinski definition) is 4. The average Bonchev–Trinajstić information content (AvgIpc) is 2.94. The van der Waals surface area contributed by atoms with Gasteiger partial charge in [0.2, 0.25) is 0 Å². The Morgan fingerprint density at radius 1 is 1.48 bits per heavy atom. The highest BCUT2D eigenvalue weighted by atomic mass is 32.2. The van der Waals surface area contributed by atoms with Gasteiger partial charge in [0.25, 0.3) is 0 Å². The zero-order valence-corrected chi connectivity index (χ0v) is 15.4. The number of nitrogens with one attached hydrogen (secondary N) is 2. The summed E-state index contributed by atoms with van der Waals surface area (Å²) in [6.07, 6.45) is 10.7. The molecule has 130 valence electrons. The highest BCUT2D eigenvalue weighted by Crippen LogP contribution is 2.27. The second-order valence-electron chi connectivity index (χ2n) is 6.45. The lowest BCUT2D eigenvalue weighted by molar-refractivity contribution is 0.226. The van der Waals surface area contributed by atoms with Gasteiger partial charge in [0, 0.05) is 36.6 Å². The van der Waals surface area contributed by atoms with Gasteiger partial charge in [0.05, 0.1) is 12.2 Å². The molecule has 0 bridgehead atoms. The summed E-state index contributed by atoms with van der Waals surface area (Å²) >= 11 is 1.86. The maximum atomic E-state index is 12.3. The molecule has 3 atom stereocenters. The molecule has 23 heavy (non-hydrogen) atoms. The van der Waals surface area contributed by atoms with Gasteiger partial charge < -0.3 is 15.5 Å². The molecule has 1 aliphatic rings. The fourth-order valence-corrected chi connectivity index (χ4v) is 4.10. The van der Waals surface area contributed by atoms with Gasteiger partial charge >= 0.3 is 6.03 Å². The van der Waals surface area contributed by atoms with Crippen LogP contribution in [0.25, 0.3) is 0 Å². The molecule has 0 radical (unpaired) electrons. The van der Waals surface area contributed by atoms with Crippen molar-refractivity contribution in [2.75, 3.05) is 26.9 Å². The van der Waals surface area contributed by atoms with Crippen LogP contribution < -0.4 is 10.6 Å². The van der Waals surface area contributed by atoms with Crippen LogP contribution in [0.4, 0.5) is 4.79 Å². The van der Waals surface area contributed by atoms with E-state index in [1.54, 1.807) is 4.68 Å². The van der Waals surface area contributed by atoms with Gasteiger partial charge in [-0.3, -0.25) is 4.68 Å². The van der Waals surface area contributed by atoms with Gasteiger partial charge in [0.15, 0.2) is 0 Å². The Morgan fingerprint density at radius 2 is 2.22 bits per heavy atom. The quantitative estimate of drug-likeness (QED) is 0.832. The molecule has 1 heterocycles. The minimum Gasteiger partial charge on any atom is -0.336 e. The van der Waals surface area contributed by atoms with Crippen LogP contribution in [0.1, 0.15) is 37.3 Å². The molecular formula is C16H29N5OS. The minimum absolute atomic E-state index is 0.0632. The van der Waals surface area contributed by atoms with Gasteiger partial charge in [0.1, 0.15) is 0 Å². The SMILES string of the molecule is CS[C@@H]1CCCC[C@@H]1NC(=O)NC[C@H](c1cnn(C)c1)N(C)C. The number of carbonyl (C=O) groups excluding carboxylic acids is 1. The monoisotopic (exact) mass is 339 g/mol. The van der Waals surface area contributed by atoms with Crippen molar-refractivity contribution in [3.63, 3.8) is 0 Å². The van der Waals surface area contributed by atoms with E-state index in [1.165, 1.54) is 19.3 Å². The average molecular weight is 340 g/mol. The Bertz CT molecular complexity index is 504. The lowest BCUT2D eigenvalue weighted by atomic mass is 9.95. The number of aryl methyl sites for hydroxylation is 1. The molecule has 1 aromatic rings. The molecule has 1 fully saturated rings. The first-order valence-corrected chi connectivity index (χ1v) is 9.52. The van der Waals surface area contributed by atoms with Crippen molar-refractivity contribution in [2.45, 2.75) is 43.0 Å². The topological polar surface area (TPSA) is 62.2 Å². The van der Waals surface area contributed by atoms with Crippen LogP contribution in [0.15, 0.2) is 12.4 Å². The molecule has 1 aliphatic carbocycles. The fraction of sp³-hybridized carbons (Fsp3) is 0.750. The van der Waals surface area contributed by atoms with E-state index in [0.717, 1.165) is 12.0 Å². The normalized spacial score (nSPS) is 22.8. The summed E-state index contributed by atoms with van der Waals surface area (Å²) in [6, 6.07) is 0.346. The van der Waals surface area contributed by atoms with Crippen molar-refractivity contribution in [1.82, 2.24) is 25.3 Å². The Kier molecular flexibility index (Phi) is 6.77. The van der Waals surface area contributed by atoms with Crippen molar-refractivity contribution in [3.05, 3.63) is 18.0 Å². The third-order valence-electron chi connectivity index (χ3n) is 4.51. The first-order chi connectivity index (χ1) is 11.0. The molecule has 1 saturated carbocycles. The molecule has 2 N–H and O–H groups in total. The van der Waals surface area contributed by atoms with Gasteiger partial charge in [-0.05, 0) is 33.2 Å². The maximum absolute atomic E-state index is 12.3. The molecule has 2 rings (SSSR count). The Labute approximate surface area is 143 Å². The summed E-state index contributed by atoms with van der Waals surface area (Å²) in [5.41, 5.74) is 1.11. The molecular weight excluding hydrogens is 310 g/mol. The van der Waals surface area contributed by atoms with E-state index < -0.39 is 0 Å². The van der Waals surface area contributed by atoms with E-state index >= 15 is 0 Å². The number of nitrogens with zero attached hydrogens (tertiary/aromatic N) is 3. The van der Waals surface area contributed by atoms with Crippen LogP contribution in [-0.4, -0.2) is 58.9 Å². The van der Waals surface area contributed by atoms with Crippen molar-refractivity contribution >= 4 is 17.8 Å². The second-order valence-corrected chi connectivity index (χ2v) is 7.52. The molecule has 6 nitrogen and oxygen atoms in total. The van der Waals surface area contributed by atoms with Crippen LogP contribution in [-0.2, 0) is 7.05 Å². The van der Waals surface area contributed by atoms with Crippen LogP contribution in [0.2, 0.25) is 0 Å². The molecule has 0 aromatic carbocycles. The van der Waals surface area contributed by atoms with E-state index in [9.17, 15) is 4.79 Å². The van der Waals surface area contributed by atoms with Gasteiger partial charge in [-0.1, -0.05) is 12.8 Å². The number of rotatable bonds is 6. The van der Waals surface area contributed by atoms with Crippen molar-refractivity contribution in [3.8, 4) is 0 Å². The highest BCUT2D eigenvalue weighted by molar-refractivity contribution is 7.99. The number of carbonyl (C=O) groups is 1. The van der Waals surface area contributed by atoms with Crippen molar-refractivity contribution < 1.29 is 4.79 Å². The number of aromatic nitrogens is 2. The minimum atomic E-state index is -0.0632. The third-order valence-corrected chi connectivity index (χ3v) is 5.68. The summed E-state index contributed by atoms with van der Waals surface area (Å²) in [5.74, 6) is 0. The molecule has 0 spiro atoms. The number of urea groups is 1. The summed E-state index contributed by atoms with van der Waals surface area (Å²) in [5, 5.41) is 10.9. The molecule has 1 aromatic heterocycles. The Hall–Kier alpha value is -1.21. The van der Waals surface area contributed by atoms with E-state index in [-0.39, 0.29) is 18.1 Å². The molecule has 7 heteroatoms. The molecule has 0 saturated heterocycles. The standard InChI is InChI=1S/C16H29N5OS/c1-20(2)14(12-9-18-21(3)11-12)10-17-16(22)19-13-7-5-6-8-15(13)23-4/h9,11,13-15H,5-8,10H2,1-4H3,(H2,17,19,22)/t13-,14+,15+/m0/s1. The molecule has 0 unspecified atom stereocenters. The summed E-state index contributed by atoms with van der Waals surface area (Å²) in [7, 11) is 5.94. The van der Waals surface area contributed by atoms with Gasteiger partial charge in [-0.25, -0.2) is 4.79 Å². The third kappa shape index (κ3) is 5.14. The van der Waals surface area contributed by atoms with Crippen molar-refractivity contribution in [2.24, 2.45) is 7.05 Å². The van der Waals surface area contributed by atoms with Gasteiger partial charge in [-0.2, -0.15) is 16.9 Å². The second kappa shape index (κ2) is 8.59. The van der Waals surface area contributed by atoms with Crippen molar-refractivity contribution in [1.29, 1.82) is 0 Å². The maximum Gasteiger partial charge on any atom is 0.315 e. The van der Waals surface area contributed by atoms with Gasteiger partial charge in [-0.15, -0.1) is 0 Å². The number of hydrogen-bond donors (Lipinski definition) is 2. The summed E-state index contributed by atoms with van der Waals surface area (Å²) in [6.45, 7) is 0.571. The summed E-state index contributed by atoms with van der Waals surface area (Å²) < 4.78 is 1.79. The van der Waals surface area contributed by atoms with E-state index in [0.29, 0.717) is 11.8 Å². The van der Waals surface area contributed by atoms with E-state index in [2.05, 4.69) is 26.9 Å². The number of amides is 2. The van der Waals surface area contributed by atoms with Crippen LogP contribution >= 0.6 is 11.8 Å². The lowest BCUT2D eigenvalue weighted by Crippen LogP contribution is -2.49. The predicted molar refractivity (Wildman–Crippen MR) is 95.7 cm³/mol. The smallest absolute Gasteiger partial charge is 0.315 e. The highest BCUT2D eigenvalue weighted by Gasteiger charge is 2.26. The molecule has 0 aliphatic heterocycles. The molecule has 2 amide bonds. The summed E-state index contributed by atoms with van der Waals surface area (Å²) in [4.78, 5) is 14.4. The van der Waals surface area contributed by atoms with E-state index in [4.69, 9.17) is 0 Å².